The van der Waals surface area contributed by atoms with E-state index in [-0.39, 0.29) is 31.5 Å². The molecule has 0 unspecified atom stereocenters. The third kappa shape index (κ3) is 1.48. The van der Waals surface area contributed by atoms with Crippen molar-refractivity contribution in [3.63, 3.8) is 0 Å². The van der Waals surface area contributed by atoms with Gasteiger partial charge in [0.25, 0.3) is 0 Å². The Labute approximate surface area is 104 Å². The molecule has 16 heavy (non-hydrogen) atoms. The summed E-state index contributed by atoms with van der Waals surface area (Å²) in [6.45, 7) is 0. The lowest BCUT2D eigenvalue weighted by Gasteiger charge is -2.06. The number of fused-ring (bicyclic) bond motifs is 1. The van der Waals surface area contributed by atoms with E-state index < -0.39 is 11.8 Å². The number of nitrogen functional groups attached to an aromatic ring is 1. The molecule has 82 valence electrons. The molecular weight excluding hydrogens is 276 g/mol. The van der Waals surface area contributed by atoms with Gasteiger partial charge >= 0.3 is 11.8 Å². The minimum atomic E-state index is -1.02. The van der Waals surface area contributed by atoms with Gasteiger partial charge in [0.2, 0.25) is 0 Å². The Balaban J connectivity index is 3.07. The van der Waals surface area contributed by atoms with Gasteiger partial charge in [0, 0.05) is 0 Å². The largest absolute Gasteiger partial charge is 0.396 e. The van der Waals surface area contributed by atoms with Crippen LogP contribution in [-0.2, 0) is 9.59 Å². The number of carbonyl (C=O) groups excluding carboxylic acids is 2. The molecule has 2 N–H and O–H groups in total. The lowest BCUT2D eigenvalue weighted by molar-refractivity contribution is -0.135. The molecule has 5 nitrogen and oxygen atoms in total. The molecule has 0 aromatic heterocycles. The fourth-order valence-corrected chi connectivity index (χ4v) is 1.85. The summed E-state index contributed by atoms with van der Waals surface area (Å²) < 4.78 is 0. The zero-order valence-corrected chi connectivity index (χ0v) is 9.69. The second kappa shape index (κ2) is 3.69. The number of halogens is 3. The van der Waals surface area contributed by atoms with E-state index in [0.717, 1.165) is 0 Å². The van der Waals surface area contributed by atoms with Crippen molar-refractivity contribution >= 4 is 52.3 Å². The van der Waals surface area contributed by atoms with E-state index in [2.05, 4.69) is 9.98 Å². The van der Waals surface area contributed by atoms with Crippen LogP contribution in [0.2, 0.25) is 15.1 Å². The van der Waals surface area contributed by atoms with E-state index in [1.807, 2.05) is 0 Å². The van der Waals surface area contributed by atoms with Crippen LogP contribution in [0.4, 0.5) is 5.69 Å². The van der Waals surface area contributed by atoms with E-state index >= 15 is 0 Å². The van der Waals surface area contributed by atoms with Crippen LogP contribution in [0.15, 0.2) is 9.98 Å². The maximum absolute atomic E-state index is 11.0. The Bertz CT molecular complexity index is 597. The van der Waals surface area contributed by atoms with E-state index in [1.54, 1.807) is 0 Å². The number of rotatable bonds is 0. The topological polar surface area (TPSA) is 84.9 Å². The Morgan fingerprint density at radius 1 is 0.812 bits per heavy atom. The number of hydrogen-bond donors (Lipinski definition) is 1. The van der Waals surface area contributed by atoms with Crippen LogP contribution >= 0.6 is 34.8 Å². The van der Waals surface area contributed by atoms with Gasteiger partial charge in [-0.1, -0.05) is 34.8 Å². The molecule has 1 aromatic carbocycles. The summed E-state index contributed by atoms with van der Waals surface area (Å²) in [5.41, 5.74) is 5.53. The molecule has 1 heterocycles. The molecule has 0 bridgehead atoms. The van der Waals surface area contributed by atoms with Crippen molar-refractivity contribution in [3.05, 3.63) is 25.8 Å². The average Bonchev–Trinajstić information content (AvgIpc) is 2.26. The molecule has 0 atom stereocenters. The third-order valence-electron chi connectivity index (χ3n) is 1.92. The first kappa shape index (κ1) is 11.3. The molecule has 8 heteroatoms. The third-order valence-corrected chi connectivity index (χ3v) is 3.16. The second-order valence-electron chi connectivity index (χ2n) is 2.89. The molecule has 0 spiro atoms. The summed E-state index contributed by atoms with van der Waals surface area (Å²) in [4.78, 5) is 29.0. The van der Waals surface area contributed by atoms with Gasteiger partial charge in [-0.25, -0.2) is 9.98 Å². The molecule has 0 fully saturated rings. The number of nitrogens with two attached hydrogens (primary N) is 1. The van der Waals surface area contributed by atoms with Gasteiger partial charge in [-0.2, -0.15) is 0 Å². The molecule has 1 aliphatic heterocycles. The van der Waals surface area contributed by atoms with Crippen molar-refractivity contribution in [2.45, 2.75) is 0 Å². The highest BCUT2D eigenvalue weighted by molar-refractivity contribution is 6.46. The zero-order valence-electron chi connectivity index (χ0n) is 7.42. The quantitative estimate of drug-likeness (QED) is 0.427. The van der Waals surface area contributed by atoms with Gasteiger partial charge in [-0.05, 0) is 0 Å². The van der Waals surface area contributed by atoms with Crippen LogP contribution in [0, 0.1) is 0 Å². The maximum atomic E-state index is 11.0. The molecule has 1 aromatic rings. The molecule has 0 saturated carbocycles. The van der Waals surface area contributed by atoms with Gasteiger partial charge in [-0.3, -0.25) is 9.59 Å². The highest BCUT2D eigenvalue weighted by Crippen LogP contribution is 2.28. The van der Waals surface area contributed by atoms with Crippen molar-refractivity contribution in [2.24, 2.45) is 9.98 Å². The fourth-order valence-electron chi connectivity index (χ4n) is 1.16. The summed E-state index contributed by atoms with van der Waals surface area (Å²) >= 11 is 17.4. The smallest absolute Gasteiger partial charge is 0.338 e. The van der Waals surface area contributed by atoms with Crippen molar-refractivity contribution in [1.82, 2.24) is 0 Å². The predicted molar refractivity (Wildman–Crippen MR) is 58.2 cm³/mol. The minimum Gasteiger partial charge on any atom is -0.396 e. The Kier molecular flexibility index (Phi) is 2.61. The summed E-state index contributed by atoms with van der Waals surface area (Å²) in [5.74, 6) is -2.04. The van der Waals surface area contributed by atoms with E-state index in [0.29, 0.717) is 0 Å². The Morgan fingerprint density at radius 2 is 1.25 bits per heavy atom. The van der Waals surface area contributed by atoms with Crippen molar-refractivity contribution in [1.29, 1.82) is 0 Å². The van der Waals surface area contributed by atoms with E-state index in [1.165, 1.54) is 0 Å². The summed E-state index contributed by atoms with van der Waals surface area (Å²) in [7, 11) is 0. The Hall–Kier alpha value is -1.17. The fraction of sp³-hybridized carbons (Fsp3) is 0. The number of anilines is 1. The lowest BCUT2D eigenvalue weighted by Crippen LogP contribution is -2.36. The van der Waals surface area contributed by atoms with Gasteiger partial charge in [0.1, 0.15) is 10.7 Å². The van der Waals surface area contributed by atoms with Gasteiger partial charge in [0.15, 0.2) is 0 Å². The molecule has 2 amide bonds. The summed E-state index contributed by atoms with van der Waals surface area (Å²) in [5, 5.41) is -0.183. The highest BCUT2D eigenvalue weighted by atomic mass is 35.5. The molecule has 0 saturated heterocycles. The van der Waals surface area contributed by atoms with E-state index in [9.17, 15) is 9.59 Å². The van der Waals surface area contributed by atoms with Crippen LogP contribution < -0.4 is 16.4 Å². The minimum absolute atomic E-state index is 0.00631. The second-order valence-corrected chi connectivity index (χ2v) is 4.02. The lowest BCUT2D eigenvalue weighted by atomic mass is 10.2. The standard InChI is InChI=1S/C8H2Cl3N3O2/c9-1-2(10)5-6(3(11)4(1)12)14-8(16)7(15)13-5/h12H2. The van der Waals surface area contributed by atoms with Crippen LogP contribution in [0.3, 0.4) is 0 Å². The monoisotopic (exact) mass is 277 g/mol. The van der Waals surface area contributed by atoms with Crippen molar-refractivity contribution in [3.8, 4) is 0 Å². The number of benzene rings is 1. The van der Waals surface area contributed by atoms with Crippen molar-refractivity contribution in [2.75, 3.05) is 5.73 Å². The molecule has 2 rings (SSSR count). The summed E-state index contributed by atoms with van der Waals surface area (Å²) in [6, 6.07) is 0. The number of amides is 2. The van der Waals surface area contributed by atoms with Gasteiger partial charge < -0.3 is 5.73 Å². The zero-order chi connectivity index (χ0) is 12.0. The van der Waals surface area contributed by atoms with Crippen LogP contribution in [0.5, 0.6) is 0 Å². The predicted octanol–water partition coefficient (Wildman–Crippen LogP) is 0.535. The Morgan fingerprint density at radius 3 is 1.75 bits per heavy atom. The number of hydrogen-bond acceptors (Lipinski definition) is 3. The maximum Gasteiger partial charge on any atom is 0.338 e. The SMILES string of the molecule is Nc1c(Cl)c(Cl)c2c(c1Cl)=NC(=O)C(=O)N=2. The normalized spacial score (nSPS) is 14.2. The van der Waals surface area contributed by atoms with Crippen LogP contribution in [-0.4, -0.2) is 11.8 Å². The molecule has 0 aliphatic carbocycles. The van der Waals surface area contributed by atoms with Crippen LogP contribution in [0.1, 0.15) is 0 Å². The first-order chi connectivity index (χ1) is 7.43. The van der Waals surface area contributed by atoms with Gasteiger partial charge in [0.05, 0.1) is 20.8 Å². The van der Waals surface area contributed by atoms with E-state index in [4.69, 9.17) is 40.5 Å². The van der Waals surface area contributed by atoms with Crippen LogP contribution in [0.25, 0.3) is 0 Å². The average molecular weight is 278 g/mol. The molecular formula is C8H2Cl3N3O2. The first-order valence-corrected chi connectivity index (χ1v) is 5.04. The highest BCUT2D eigenvalue weighted by Gasteiger charge is 2.21. The molecule has 1 aliphatic rings. The first-order valence-electron chi connectivity index (χ1n) is 3.91. The number of nitrogens with zero attached hydrogens (tertiary/aromatic N) is 2. The van der Waals surface area contributed by atoms with Gasteiger partial charge in [-0.15, -0.1) is 0 Å². The summed E-state index contributed by atoms with van der Waals surface area (Å²) in [6.07, 6.45) is 0. The van der Waals surface area contributed by atoms with Crippen molar-refractivity contribution < 1.29 is 9.59 Å². The molecule has 0 radical (unpaired) electrons. The number of carbonyl (C=O) groups is 2.